The van der Waals surface area contributed by atoms with E-state index in [-0.39, 0.29) is 5.91 Å². The number of benzene rings is 1. The van der Waals surface area contributed by atoms with Crippen LogP contribution in [-0.4, -0.2) is 66.2 Å². The molecule has 170 valence electrons. The van der Waals surface area contributed by atoms with Crippen LogP contribution < -0.4 is 15.1 Å². The van der Waals surface area contributed by atoms with Gasteiger partial charge in [-0.1, -0.05) is 12.8 Å². The van der Waals surface area contributed by atoms with E-state index >= 15 is 0 Å². The lowest BCUT2D eigenvalue weighted by atomic mass is 10.2. The van der Waals surface area contributed by atoms with Crippen molar-refractivity contribution in [2.45, 2.75) is 45.2 Å². The van der Waals surface area contributed by atoms with Crippen molar-refractivity contribution in [2.75, 3.05) is 54.5 Å². The van der Waals surface area contributed by atoms with Gasteiger partial charge in [-0.05, 0) is 44.0 Å². The van der Waals surface area contributed by atoms with Crippen LogP contribution in [0, 0.1) is 0 Å². The Kier molecular flexibility index (Phi) is 6.12. The number of ether oxygens (including phenoxy) is 1. The first-order valence-electron chi connectivity index (χ1n) is 11.8. The Morgan fingerprint density at radius 1 is 1.09 bits per heavy atom. The van der Waals surface area contributed by atoms with Crippen LogP contribution in [0.1, 0.15) is 38.2 Å². The molecule has 1 N–H and O–H groups in total. The topological polar surface area (TPSA) is 73.8 Å². The Labute approximate surface area is 189 Å². The molecule has 2 aliphatic heterocycles. The summed E-state index contributed by atoms with van der Waals surface area (Å²) in [4.78, 5) is 28.8. The third-order valence-corrected chi connectivity index (χ3v) is 6.78. The number of carbonyl (C=O) groups is 1. The summed E-state index contributed by atoms with van der Waals surface area (Å²) in [6.45, 7) is 7.10. The summed E-state index contributed by atoms with van der Waals surface area (Å²) in [5.74, 6) is 1.65. The molecule has 8 heteroatoms. The van der Waals surface area contributed by atoms with E-state index in [1.807, 2.05) is 18.0 Å². The van der Waals surface area contributed by atoms with Gasteiger partial charge in [-0.3, -0.25) is 4.79 Å². The zero-order valence-corrected chi connectivity index (χ0v) is 18.8. The zero-order chi connectivity index (χ0) is 21.9. The summed E-state index contributed by atoms with van der Waals surface area (Å²) >= 11 is 0. The Hall–Kier alpha value is -2.87. The molecular formula is C24H32N6O2. The van der Waals surface area contributed by atoms with Crippen molar-refractivity contribution in [1.29, 1.82) is 0 Å². The van der Waals surface area contributed by atoms with Gasteiger partial charge in [-0.25, -0.2) is 4.98 Å². The van der Waals surface area contributed by atoms with Crippen LogP contribution in [0.15, 0.2) is 30.5 Å². The maximum absolute atomic E-state index is 12.8. The number of hydrogen-bond donors (Lipinski definition) is 1. The molecule has 32 heavy (non-hydrogen) atoms. The molecule has 1 aromatic heterocycles. The quantitative estimate of drug-likeness (QED) is 0.772. The highest BCUT2D eigenvalue weighted by molar-refractivity contribution is 5.83. The molecular weight excluding hydrogens is 404 g/mol. The molecule has 1 aromatic carbocycles. The van der Waals surface area contributed by atoms with Gasteiger partial charge in [0.2, 0.25) is 11.9 Å². The second kappa shape index (κ2) is 9.32. The maximum atomic E-state index is 12.8. The maximum Gasteiger partial charge on any atom is 0.242 e. The first kappa shape index (κ1) is 21.0. The van der Waals surface area contributed by atoms with Gasteiger partial charge in [-0.2, -0.15) is 4.98 Å². The largest absolute Gasteiger partial charge is 0.378 e. The van der Waals surface area contributed by atoms with Gasteiger partial charge in [0.1, 0.15) is 5.82 Å². The van der Waals surface area contributed by atoms with Crippen molar-refractivity contribution in [3.8, 4) is 0 Å². The van der Waals surface area contributed by atoms with Crippen molar-refractivity contribution in [3.63, 3.8) is 0 Å². The molecule has 2 aromatic rings. The summed E-state index contributed by atoms with van der Waals surface area (Å²) < 4.78 is 5.45. The van der Waals surface area contributed by atoms with Crippen LogP contribution in [0.25, 0.3) is 0 Å². The number of hydrogen-bond acceptors (Lipinski definition) is 7. The molecule has 0 bridgehead atoms. The second-order valence-electron chi connectivity index (χ2n) is 8.79. The van der Waals surface area contributed by atoms with Crippen molar-refractivity contribution in [2.24, 2.45) is 0 Å². The number of likely N-dealkylation sites (N-methyl/N-ethyl adjacent to an activating group) is 1. The van der Waals surface area contributed by atoms with E-state index in [4.69, 9.17) is 9.72 Å². The van der Waals surface area contributed by atoms with Crippen LogP contribution in [0.4, 0.5) is 23.1 Å². The first-order chi connectivity index (χ1) is 15.7. The Morgan fingerprint density at radius 2 is 1.84 bits per heavy atom. The van der Waals surface area contributed by atoms with Crippen molar-refractivity contribution < 1.29 is 9.53 Å². The summed E-state index contributed by atoms with van der Waals surface area (Å²) in [5, 5.41) is 3.36. The smallest absolute Gasteiger partial charge is 0.242 e. The van der Waals surface area contributed by atoms with Crippen LogP contribution >= 0.6 is 0 Å². The van der Waals surface area contributed by atoms with Gasteiger partial charge in [0.15, 0.2) is 0 Å². The molecule has 1 saturated heterocycles. The molecule has 2 fully saturated rings. The molecule has 1 aliphatic carbocycles. The number of fused-ring (bicyclic) bond motifs is 1. The summed E-state index contributed by atoms with van der Waals surface area (Å²) in [7, 11) is 0. The molecule has 1 saturated carbocycles. The lowest BCUT2D eigenvalue weighted by Crippen LogP contribution is -2.41. The average molecular weight is 437 g/mol. The summed E-state index contributed by atoms with van der Waals surface area (Å²) in [5.41, 5.74) is 3.18. The van der Waals surface area contributed by atoms with Crippen LogP contribution in [0.3, 0.4) is 0 Å². The number of nitrogens with zero attached hydrogens (tertiary/aromatic N) is 5. The summed E-state index contributed by atoms with van der Waals surface area (Å²) in [6, 6.07) is 8.76. The fraction of sp³-hybridized carbons (Fsp3) is 0.542. The predicted molar refractivity (Wildman–Crippen MR) is 125 cm³/mol. The zero-order valence-electron chi connectivity index (χ0n) is 18.8. The van der Waals surface area contributed by atoms with Crippen LogP contribution in [0.2, 0.25) is 0 Å². The number of amides is 1. The molecule has 3 heterocycles. The van der Waals surface area contributed by atoms with E-state index in [2.05, 4.69) is 44.4 Å². The normalized spacial score (nSPS) is 19.8. The van der Waals surface area contributed by atoms with E-state index in [0.29, 0.717) is 31.6 Å². The number of nitrogens with one attached hydrogen (secondary N) is 1. The van der Waals surface area contributed by atoms with Gasteiger partial charge in [0.25, 0.3) is 0 Å². The van der Waals surface area contributed by atoms with Gasteiger partial charge >= 0.3 is 0 Å². The lowest BCUT2D eigenvalue weighted by molar-refractivity contribution is -0.129. The second-order valence-corrected chi connectivity index (χ2v) is 8.79. The van der Waals surface area contributed by atoms with Gasteiger partial charge in [-0.15, -0.1) is 0 Å². The Balaban J connectivity index is 1.38. The minimum Gasteiger partial charge on any atom is -0.378 e. The average Bonchev–Trinajstić information content (AvgIpc) is 3.33. The highest BCUT2D eigenvalue weighted by atomic mass is 16.5. The van der Waals surface area contributed by atoms with Gasteiger partial charge in [0, 0.05) is 48.8 Å². The number of morpholine rings is 1. The lowest BCUT2D eigenvalue weighted by Gasteiger charge is -2.29. The number of aromatic nitrogens is 2. The SMILES string of the molecule is CCN1Cc2cnc(Nc3ccc(N4CCOCC4)cc3)nc2N(C2CCCC2)CC1=O. The fourth-order valence-electron chi connectivity index (χ4n) is 4.94. The molecule has 5 rings (SSSR count). The van der Waals surface area contributed by atoms with Crippen molar-refractivity contribution in [3.05, 3.63) is 36.0 Å². The highest BCUT2D eigenvalue weighted by Gasteiger charge is 2.32. The van der Waals surface area contributed by atoms with E-state index < -0.39 is 0 Å². The van der Waals surface area contributed by atoms with Crippen molar-refractivity contribution >= 4 is 29.0 Å². The highest BCUT2D eigenvalue weighted by Crippen LogP contribution is 2.32. The minimum atomic E-state index is 0.172. The Bertz CT molecular complexity index is 938. The third kappa shape index (κ3) is 4.37. The standard InChI is InChI=1S/C24H32N6O2/c1-2-28-16-18-15-25-24(27-23(18)30(17-22(28)31)21-5-3-4-6-21)26-19-7-9-20(10-8-19)29-11-13-32-14-12-29/h7-10,15,21H,2-6,11-14,16-17H2,1H3,(H,25,26,27). The summed E-state index contributed by atoms with van der Waals surface area (Å²) in [6.07, 6.45) is 6.56. The van der Waals surface area contributed by atoms with Crippen LogP contribution in [-0.2, 0) is 16.1 Å². The number of carbonyl (C=O) groups excluding carboxylic acids is 1. The molecule has 1 amide bonds. The minimum absolute atomic E-state index is 0.172. The van der Waals surface area contributed by atoms with Gasteiger partial charge < -0.3 is 24.8 Å². The monoisotopic (exact) mass is 436 g/mol. The molecule has 0 radical (unpaired) electrons. The third-order valence-electron chi connectivity index (χ3n) is 6.78. The van der Waals surface area contributed by atoms with E-state index in [0.717, 1.165) is 56.2 Å². The number of anilines is 4. The van der Waals surface area contributed by atoms with E-state index in [9.17, 15) is 4.79 Å². The molecule has 0 unspecified atom stereocenters. The molecule has 0 spiro atoms. The molecule has 8 nitrogen and oxygen atoms in total. The van der Waals surface area contributed by atoms with Gasteiger partial charge in [0.05, 0.1) is 26.3 Å². The van der Waals surface area contributed by atoms with Crippen molar-refractivity contribution in [1.82, 2.24) is 14.9 Å². The first-order valence-corrected chi connectivity index (χ1v) is 11.8. The molecule has 0 atom stereocenters. The Morgan fingerprint density at radius 3 is 2.56 bits per heavy atom. The van der Waals surface area contributed by atoms with E-state index in [1.54, 1.807) is 0 Å². The molecule has 3 aliphatic rings. The van der Waals surface area contributed by atoms with Crippen LogP contribution in [0.5, 0.6) is 0 Å². The number of rotatable bonds is 5. The predicted octanol–water partition coefficient (Wildman–Crippen LogP) is 3.17. The van der Waals surface area contributed by atoms with E-state index in [1.165, 1.54) is 18.5 Å². The fourth-order valence-corrected chi connectivity index (χ4v) is 4.94.